The molecule has 1 heterocycles. The summed E-state index contributed by atoms with van der Waals surface area (Å²) < 4.78 is 0. The van der Waals surface area contributed by atoms with Crippen molar-refractivity contribution in [2.45, 2.75) is 6.92 Å². The van der Waals surface area contributed by atoms with Crippen LogP contribution in [0, 0.1) is 6.92 Å². The molecule has 2 rings (SSSR count). The average molecular weight is 199 g/mol. The molecular weight excluding hydrogens is 186 g/mol. The summed E-state index contributed by atoms with van der Waals surface area (Å²) in [5.74, 6) is 0.522. The fraction of sp³-hybridized carbons (Fsp3) is 0.0833. The zero-order chi connectivity index (χ0) is 10.7. The highest BCUT2D eigenvalue weighted by Gasteiger charge is 1.97. The SMILES string of the molecule is Cc1ccccc1Nc1ccnc(N)c1. The molecule has 0 saturated heterocycles. The number of hydrogen-bond donors (Lipinski definition) is 2. The summed E-state index contributed by atoms with van der Waals surface area (Å²) in [5, 5.41) is 3.29. The van der Waals surface area contributed by atoms with Crippen molar-refractivity contribution < 1.29 is 0 Å². The Labute approximate surface area is 89.0 Å². The zero-order valence-electron chi connectivity index (χ0n) is 8.57. The van der Waals surface area contributed by atoms with Crippen molar-refractivity contribution in [3.8, 4) is 0 Å². The van der Waals surface area contributed by atoms with Gasteiger partial charge in [0.2, 0.25) is 0 Å². The van der Waals surface area contributed by atoms with Crippen LogP contribution in [0.15, 0.2) is 42.6 Å². The molecule has 1 aromatic heterocycles. The van der Waals surface area contributed by atoms with Gasteiger partial charge in [-0.15, -0.1) is 0 Å². The largest absolute Gasteiger partial charge is 0.384 e. The Bertz CT molecular complexity index is 466. The van der Waals surface area contributed by atoms with Gasteiger partial charge in [0.25, 0.3) is 0 Å². The summed E-state index contributed by atoms with van der Waals surface area (Å²) in [7, 11) is 0. The minimum absolute atomic E-state index is 0.522. The molecule has 0 aliphatic rings. The lowest BCUT2D eigenvalue weighted by Gasteiger charge is -2.09. The third kappa shape index (κ3) is 2.26. The Morgan fingerprint density at radius 3 is 2.73 bits per heavy atom. The fourth-order valence-corrected chi connectivity index (χ4v) is 1.39. The molecule has 1 aromatic carbocycles. The first-order valence-electron chi connectivity index (χ1n) is 4.80. The number of aryl methyl sites for hydroxylation is 1. The monoisotopic (exact) mass is 199 g/mol. The Kier molecular flexibility index (Phi) is 2.54. The Hall–Kier alpha value is -2.03. The molecule has 0 spiro atoms. The van der Waals surface area contributed by atoms with Crippen LogP contribution in [0.5, 0.6) is 0 Å². The minimum Gasteiger partial charge on any atom is -0.384 e. The minimum atomic E-state index is 0.522. The molecule has 0 aliphatic carbocycles. The van der Waals surface area contributed by atoms with Crippen LogP contribution >= 0.6 is 0 Å². The number of anilines is 3. The van der Waals surface area contributed by atoms with E-state index < -0.39 is 0 Å². The number of nitrogen functional groups attached to an aromatic ring is 1. The van der Waals surface area contributed by atoms with E-state index in [1.807, 2.05) is 30.3 Å². The van der Waals surface area contributed by atoms with Crippen LogP contribution in [0.2, 0.25) is 0 Å². The highest BCUT2D eigenvalue weighted by Crippen LogP contribution is 2.20. The Morgan fingerprint density at radius 1 is 1.20 bits per heavy atom. The second-order valence-electron chi connectivity index (χ2n) is 3.41. The van der Waals surface area contributed by atoms with Crippen LogP contribution in [0.25, 0.3) is 0 Å². The van der Waals surface area contributed by atoms with Crippen LogP contribution in [0.4, 0.5) is 17.2 Å². The van der Waals surface area contributed by atoms with Gasteiger partial charge in [0, 0.05) is 23.6 Å². The number of rotatable bonds is 2. The van der Waals surface area contributed by atoms with Crippen LogP contribution in [-0.2, 0) is 0 Å². The van der Waals surface area contributed by atoms with Crippen molar-refractivity contribution in [1.29, 1.82) is 0 Å². The van der Waals surface area contributed by atoms with E-state index in [-0.39, 0.29) is 0 Å². The molecular formula is C12H13N3. The van der Waals surface area contributed by atoms with E-state index in [2.05, 4.69) is 23.3 Å². The summed E-state index contributed by atoms with van der Waals surface area (Å²) in [6.45, 7) is 2.06. The molecule has 0 aliphatic heterocycles. The summed E-state index contributed by atoms with van der Waals surface area (Å²) in [6, 6.07) is 11.8. The fourth-order valence-electron chi connectivity index (χ4n) is 1.39. The van der Waals surface area contributed by atoms with E-state index in [1.54, 1.807) is 6.20 Å². The van der Waals surface area contributed by atoms with Gasteiger partial charge in [0.15, 0.2) is 0 Å². The molecule has 0 radical (unpaired) electrons. The first kappa shape index (κ1) is 9.52. The first-order valence-corrected chi connectivity index (χ1v) is 4.80. The van der Waals surface area contributed by atoms with Crippen molar-refractivity contribution >= 4 is 17.2 Å². The summed E-state index contributed by atoms with van der Waals surface area (Å²) >= 11 is 0. The molecule has 0 unspecified atom stereocenters. The van der Waals surface area contributed by atoms with E-state index in [0.29, 0.717) is 5.82 Å². The molecule has 0 atom stereocenters. The predicted octanol–water partition coefficient (Wildman–Crippen LogP) is 2.72. The van der Waals surface area contributed by atoms with Gasteiger partial charge in [0.05, 0.1) is 0 Å². The zero-order valence-corrected chi connectivity index (χ0v) is 8.57. The number of aromatic nitrogens is 1. The molecule has 3 nitrogen and oxygen atoms in total. The van der Waals surface area contributed by atoms with E-state index in [9.17, 15) is 0 Å². The van der Waals surface area contributed by atoms with Crippen molar-refractivity contribution in [3.05, 3.63) is 48.2 Å². The number of nitrogens with two attached hydrogens (primary N) is 1. The van der Waals surface area contributed by atoms with Crippen LogP contribution in [0.1, 0.15) is 5.56 Å². The second-order valence-corrected chi connectivity index (χ2v) is 3.41. The van der Waals surface area contributed by atoms with E-state index >= 15 is 0 Å². The third-order valence-corrected chi connectivity index (χ3v) is 2.21. The molecule has 0 amide bonds. The van der Waals surface area contributed by atoms with E-state index in [4.69, 9.17) is 5.73 Å². The highest BCUT2D eigenvalue weighted by atomic mass is 14.9. The van der Waals surface area contributed by atoms with Gasteiger partial charge in [-0.2, -0.15) is 0 Å². The highest BCUT2D eigenvalue weighted by molar-refractivity contribution is 5.64. The van der Waals surface area contributed by atoms with Gasteiger partial charge >= 0.3 is 0 Å². The van der Waals surface area contributed by atoms with Gasteiger partial charge in [-0.3, -0.25) is 0 Å². The topological polar surface area (TPSA) is 50.9 Å². The molecule has 76 valence electrons. The van der Waals surface area contributed by atoms with Gasteiger partial charge in [-0.25, -0.2) is 4.98 Å². The van der Waals surface area contributed by atoms with Crippen LogP contribution in [0.3, 0.4) is 0 Å². The number of hydrogen-bond acceptors (Lipinski definition) is 3. The van der Waals surface area contributed by atoms with Crippen LogP contribution in [-0.4, -0.2) is 4.98 Å². The number of nitrogens with one attached hydrogen (secondary N) is 1. The molecule has 3 heteroatoms. The Morgan fingerprint density at radius 2 is 2.00 bits per heavy atom. The lowest BCUT2D eigenvalue weighted by atomic mass is 10.2. The standard InChI is InChI=1S/C12H13N3/c1-9-4-2-3-5-11(9)15-10-6-7-14-12(13)8-10/h2-8H,1H3,(H3,13,14,15). The van der Waals surface area contributed by atoms with E-state index in [1.165, 1.54) is 5.56 Å². The summed E-state index contributed by atoms with van der Waals surface area (Å²) in [5.41, 5.74) is 8.84. The quantitative estimate of drug-likeness (QED) is 0.781. The maximum absolute atomic E-state index is 5.60. The van der Waals surface area contributed by atoms with E-state index in [0.717, 1.165) is 11.4 Å². The molecule has 2 aromatic rings. The average Bonchev–Trinajstić information content (AvgIpc) is 2.22. The van der Waals surface area contributed by atoms with Gasteiger partial charge < -0.3 is 11.1 Å². The maximum atomic E-state index is 5.60. The predicted molar refractivity (Wildman–Crippen MR) is 63.1 cm³/mol. The van der Waals surface area contributed by atoms with Crippen molar-refractivity contribution in [2.24, 2.45) is 0 Å². The number of para-hydroxylation sites is 1. The van der Waals surface area contributed by atoms with Gasteiger partial charge in [-0.05, 0) is 24.6 Å². The van der Waals surface area contributed by atoms with Crippen LogP contribution < -0.4 is 11.1 Å². The summed E-state index contributed by atoms with van der Waals surface area (Å²) in [6.07, 6.45) is 1.69. The molecule has 0 fully saturated rings. The Balaban J connectivity index is 2.26. The van der Waals surface area contributed by atoms with Crippen molar-refractivity contribution in [2.75, 3.05) is 11.1 Å². The molecule has 3 N–H and O–H groups in total. The smallest absolute Gasteiger partial charge is 0.125 e. The lowest BCUT2D eigenvalue weighted by molar-refractivity contribution is 1.33. The number of pyridine rings is 1. The van der Waals surface area contributed by atoms with Crippen molar-refractivity contribution in [1.82, 2.24) is 4.98 Å². The normalized spacial score (nSPS) is 9.93. The molecule has 0 saturated carbocycles. The lowest BCUT2D eigenvalue weighted by Crippen LogP contribution is -1.95. The van der Waals surface area contributed by atoms with Crippen molar-refractivity contribution in [3.63, 3.8) is 0 Å². The second kappa shape index (κ2) is 4.00. The first-order chi connectivity index (χ1) is 7.25. The maximum Gasteiger partial charge on any atom is 0.125 e. The van der Waals surface area contributed by atoms with Gasteiger partial charge in [0.1, 0.15) is 5.82 Å². The molecule has 15 heavy (non-hydrogen) atoms. The number of nitrogens with zero attached hydrogens (tertiary/aromatic N) is 1. The third-order valence-electron chi connectivity index (χ3n) is 2.21. The summed E-state index contributed by atoms with van der Waals surface area (Å²) in [4.78, 5) is 3.94. The number of benzene rings is 1. The van der Waals surface area contributed by atoms with Gasteiger partial charge in [-0.1, -0.05) is 18.2 Å². The molecule has 0 bridgehead atoms.